The Hall–Kier alpha value is -1.24. The van der Waals surface area contributed by atoms with Gasteiger partial charge in [-0.25, -0.2) is 9.97 Å². The molecule has 2 saturated heterocycles. The normalized spacial score (nSPS) is 21.9. The number of ether oxygens (including phenoxy) is 1. The molecule has 0 spiro atoms. The van der Waals surface area contributed by atoms with Gasteiger partial charge in [0.25, 0.3) is 0 Å². The maximum absolute atomic E-state index is 9.22. The van der Waals surface area contributed by atoms with Gasteiger partial charge in [0, 0.05) is 43.9 Å². The number of aromatic nitrogens is 2. The first kappa shape index (κ1) is 17.6. The molecule has 1 atom stereocenters. The minimum atomic E-state index is 0.272. The van der Waals surface area contributed by atoms with Crippen LogP contribution in [0.5, 0.6) is 0 Å². The van der Waals surface area contributed by atoms with Crippen molar-refractivity contribution in [3.05, 3.63) is 17.6 Å². The Kier molecular flexibility index (Phi) is 6.03. The van der Waals surface area contributed by atoms with Gasteiger partial charge < -0.3 is 19.6 Å². The van der Waals surface area contributed by atoms with E-state index in [1.54, 1.807) is 0 Å². The monoisotopic (exact) mass is 334 g/mol. The molecule has 2 aliphatic rings. The molecule has 134 valence electrons. The molecule has 0 aromatic carbocycles. The van der Waals surface area contributed by atoms with Gasteiger partial charge in [-0.05, 0) is 38.8 Å². The zero-order valence-corrected chi connectivity index (χ0v) is 14.9. The number of hydrogen-bond donors (Lipinski definition) is 1. The molecule has 2 aliphatic heterocycles. The smallest absolute Gasteiger partial charge is 0.132 e. The Bertz CT molecular complexity index is 526. The lowest BCUT2D eigenvalue weighted by Gasteiger charge is -2.33. The minimum absolute atomic E-state index is 0.272. The molecule has 1 aromatic heterocycles. The fourth-order valence-electron chi connectivity index (χ4n) is 3.65. The first-order chi connectivity index (χ1) is 11.7. The van der Waals surface area contributed by atoms with Crippen molar-refractivity contribution in [3.8, 4) is 0 Å². The summed E-state index contributed by atoms with van der Waals surface area (Å²) < 4.78 is 5.44. The number of aliphatic hydroxyl groups excluding tert-OH is 1. The number of rotatable bonds is 5. The van der Waals surface area contributed by atoms with E-state index in [2.05, 4.69) is 27.8 Å². The molecule has 0 unspecified atom stereocenters. The van der Waals surface area contributed by atoms with Gasteiger partial charge in [-0.2, -0.15) is 0 Å². The first-order valence-electron chi connectivity index (χ1n) is 9.17. The van der Waals surface area contributed by atoms with Crippen molar-refractivity contribution < 1.29 is 9.84 Å². The number of morpholine rings is 1. The highest BCUT2D eigenvalue weighted by molar-refractivity contribution is 5.41. The number of anilines is 1. The van der Waals surface area contributed by atoms with Crippen LogP contribution in [0, 0.1) is 12.8 Å². The average Bonchev–Trinajstić information content (AvgIpc) is 2.62. The molecule has 1 aromatic rings. The molecule has 24 heavy (non-hydrogen) atoms. The lowest BCUT2D eigenvalue weighted by Crippen LogP contribution is -2.38. The summed E-state index contributed by atoms with van der Waals surface area (Å²) in [6, 6.07) is 2.19. The van der Waals surface area contributed by atoms with Crippen molar-refractivity contribution in [2.75, 3.05) is 57.4 Å². The number of hydrogen-bond acceptors (Lipinski definition) is 6. The van der Waals surface area contributed by atoms with Gasteiger partial charge in [0.15, 0.2) is 0 Å². The predicted octanol–water partition coefficient (Wildman–Crippen LogP) is 1.43. The van der Waals surface area contributed by atoms with Crippen molar-refractivity contribution in [1.82, 2.24) is 14.9 Å². The largest absolute Gasteiger partial charge is 0.396 e. The van der Waals surface area contributed by atoms with Gasteiger partial charge >= 0.3 is 0 Å². The second-order valence-electron chi connectivity index (χ2n) is 7.16. The maximum atomic E-state index is 9.22. The van der Waals surface area contributed by atoms with E-state index >= 15 is 0 Å². The topological polar surface area (TPSA) is 61.7 Å². The molecule has 0 radical (unpaired) electrons. The van der Waals surface area contributed by atoms with Crippen LogP contribution in [-0.2, 0) is 4.74 Å². The molecule has 6 heteroatoms. The van der Waals surface area contributed by atoms with Crippen molar-refractivity contribution in [1.29, 1.82) is 0 Å². The minimum Gasteiger partial charge on any atom is -0.396 e. The number of aryl methyl sites for hydroxylation is 1. The SMILES string of the molecule is Cc1nc(C2CCN(C[C@@H](C)CO)CC2)cc(N2CCOCC2)n1. The quantitative estimate of drug-likeness (QED) is 0.879. The Morgan fingerprint density at radius 3 is 2.58 bits per heavy atom. The second-order valence-corrected chi connectivity index (χ2v) is 7.16. The molecule has 3 heterocycles. The molecular formula is C18H30N4O2. The summed E-state index contributed by atoms with van der Waals surface area (Å²) in [5.41, 5.74) is 1.19. The Labute approximate surface area is 144 Å². The highest BCUT2D eigenvalue weighted by Crippen LogP contribution is 2.29. The standard InChI is InChI=1S/C18H30N4O2/c1-14(13-23)12-21-5-3-16(4-6-21)17-11-18(20-15(2)19-17)22-7-9-24-10-8-22/h11,14,16,23H,3-10,12-13H2,1-2H3/t14-/m1/s1. The van der Waals surface area contributed by atoms with Crippen molar-refractivity contribution in [2.24, 2.45) is 5.92 Å². The van der Waals surface area contributed by atoms with Gasteiger partial charge in [-0.15, -0.1) is 0 Å². The van der Waals surface area contributed by atoms with Crippen LogP contribution in [0.25, 0.3) is 0 Å². The van der Waals surface area contributed by atoms with E-state index in [0.717, 1.165) is 70.4 Å². The van der Waals surface area contributed by atoms with E-state index in [-0.39, 0.29) is 6.61 Å². The average molecular weight is 334 g/mol. The van der Waals surface area contributed by atoms with Crippen LogP contribution >= 0.6 is 0 Å². The van der Waals surface area contributed by atoms with Gasteiger partial charge in [0.2, 0.25) is 0 Å². The molecule has 0 amide bonds. The van der Waals surface area contributed by atoms with Crippen molar-refractivity contribution in [3.63, 3.8) is 0 Å². The molecule has 0 aliphatic carbocycles. The van der Waals surface area contributed by atoms with Gasteiger partial charge in [-0.3, -0.25) is 0 Å². The lowest BCUT2D eigenvalue weighted by molar-refractivity contribution is 0.122. The zero-order chi connectivity index (χ0) is 16.9. The van der Waals surface area contributed by atoms with Gasteiger partial charge in [0.1, 0.15) is 11.6 Å². The van der Waals surface area contributed by atoms with Crippen LogP contribution in [0.3, 0.4) is 0 Å². The van der Waals surface area contributed by atoms with Gasteiger partial charge in [-0.1, -0.05) is 6.92 Å². The Morgan fingerprint density at radius 1 is 1.21 bits per heavy atom. The summed E-state index contributed by atoms with van der Waals surface area (Å²) in [5, 5.41) is 9.22. The molecule has 0 saturated carbocycles. The highest BCUT2D eigenvalue weighted by Gasteiger charge is 2.24. The fourth-order valence-corrected chi connectivity index (χ4v) is 3.65. The number of nitrogens with zero attached hydrogens (tertiary/aromatic N) is 4. The van der Waals surface area contributed by atoms with E-state index in [1.165, 1.54) is 5.69 Å². The summed E-state index contributed by atoms with van der Waals surface area (Å²) in [7, 11) is 0. The van der Waals surface area contributed by atoms with Crippen LogP contribution in [0.2, 0.25) is 0 Å². The maximum Gasteiger partial charge on any atom is 0.132 e. The first-order valence-corrected chi connectivity index (χ1v) is 9.17. The third kappa shape index (κ3) is 4.43. The van der Waals surface area contributed by atoms with Gasteiger partial charge in [0.05, 0.1) is 13.2 Å². The molecule has 0 bridgehead atoms. The van der Waals surface area contributed by atoms with Crippen LogP contribution in [0.1, 0.15) is 37.2 Å². The summed E-state index contributed by atoms with van der Waals surface area (Å²) in [6.45, 7) is 10.9. The number of likely N-dealkylation sites (tertiary alicyclic amines) is 1. The van der Waals surface area contributed by atoms with Crippen LogP contribution in [0.15, 0.2) is 6.07 Å². The second kappa shape index (κ2) is 8.23. The van der Waals surface area contributed by atoms with E-state index in [0.29, 0.717) is 11.8 Å². The van der Waals surface area contributed by atoms with E-state index in [1.807, 2.05) is 6.92 Å². The molecular weight excluding hydrogens is 304 g/mol. The predicted molar refractivity (Wildman–Crippen MR) is 94.5 cm³/mol. The summed E-state index contributed by atoms with van der Waals surface area (Å²) in [4.78, 5) is 14.1. The van der Waals surface area contributed by atoms with Crippen molar-refractivity contribution >= 4 is 5.82 Å². The third-order valence-corrected chi connectivity index (χ3v) is 5.07. The summed E-state index contributed by atoms with van der Waals surface area (Å²) in [6.07, 6.45) is 2.27. The van der Waals surface area contributed by atoms with Crippen LogP contribution < -0.4 is 4.90 Å². The lowest BCUT2D eigenvalue weighted by atomic mass is 9.92. The third-order valence-electron chi connectivity index (χ3n) is 5.07. The fraction of sp³-hybridized carbons (Fsp3) is 0.778. The Balaban J connectivity index is 1.63. The van der Waals surface area contributed by atoms with E-state index in [4.69, 9.17) is 9.72 Å². The summed E-state index contributed by atoms with van der Waals surface area (Å²) >= 11 is 0. The molecule has 3 rings (SSSR count). The number of piperidine rings is 1. The Morgan fingerprint density at radius 2 is 1.92 bits per heavy atom. The number of aliphatic hydroxyl groups is 1. The highest BCUT2D eigenvalue weighted by atomic mass is 16.5. The summed E-state index contributed by atoms with van der Waals surface area (Å²) in [5.74, 6) is 2.80. The van der Waals surface area contributed by atoms with E-state index in [9.17, 15) is 5.11 Å². The molecule has 2 fully saturated rings. The molecule has 1 N–H and O–H groups in total. The van der Waals surface area contributed by atoms with Crippen LogP contribution in [-0.4, -0.2) is 72.5 Å². The van der Waals surface area contributed by atoms with E-state index < -0.39 is 0 Å². The van der Waals surface area contributed by atoms with Crippen LogP contribution in [0.4, 0.5) is 5.82 Å². The zero-order valence-electron chi connectivity index (χ0n) is 14.9. The van der Waals surface area contributed by atoms with Crippen molar-refractivity contribution in [2.45, 2.75) is 32.6 Å². The molecule has 6 nitrogen and oxygen atoms in total.